The Hall–Kier alpha value is -1.83. The number of nitrogens with one attached hydrogen (secondary N) is 1. The van der Waals surface area contributed by atoms with Gasteiger partial charge in [-0.1, -0.05) is 22.9 Å². The van der Waals surface area contributed by atoms with Gasteiger partial charge in [-0.05, 0) is 43.8 Å². The molecular weight excluding hydrogens is 360 g/mol. The molecule has 25 heavy (non-hydrogen) atoms. The van der Waals surface area contributed by atoms with Crippen molar-refractivity contribution in [3.05, 3.63) is 35.0 Å². The van der Waals surface area contributed by atoms with E-state index < -0.39 is 0 Å². The first-order valence-electron chi connectivity index (χ1n) is 8.08. The number of hydrogen-bond acceptors (Lipinski definition) is 5. The van der Waals surface area contributed by atoms with Crippen LogP contribution < -0.4 is 15.0 Å². The van der Waals surface area contributed by atoms with Crippen LogP contribution in [0.5, 0.6) is 5.06 Å². The largest absolute Gasteiger partial charge is 0.486 e. The second-order valence-electron chi connectivity index (χ2n) is 6.63. The number of carbonyl (C=O) groups is 1. The summed E-state index contributed by atoms with van der Waals surface area (Å²) in [5, 5.41) is 4.78. The lowest BCUT2D eigenvalue weighted by atomic mass is 9.81. The number of likely N-dealkylation sites (tertiary alicyclic amines) is 1. The molecule has 0 aliphatic carbocycles. The van der Waals surface area contributed by atoms with E-state index in [1.165, 1.54) is 11.3 Å². The summed E-state index contributed by atoms with van der Waals surface area (Å²) in [4.78, 5) is 21.2. The summed E-state index contributed by atoms with van der Waals surface area (Å²) < 4.78 is 5.13. The molecule has 2 aliphatic heterocycles. The lowest BCUT2D eigenvalue weighted by molar-refractivity contribution is 0.256. The summed E-state index contributed by atoms with van der Waals surface area (Å²) in [5.41, 5.74) is 2.05. The van der Waals surface area contributed by atoms with Crippen molar-refractivity contribution in [3.63, 3.8) is 0 Å². The number of ether oxygens (including phenoxy) is 1. The van der Waals surface area contributed by atoms with Crippen LogP contribution in [-0.2, 0) is 5.41 Å². The Morgan fingerprint density at radius 1 is 1.44 bits per heavy atom. The van der Waals surface area contributed by atoms with Crippen LogP contribution in [0.15, 0.2) is 24.4 Å². The Balaban J connectivity index is 1.63. The molecule has 1 unspecified atom stereocenters. The summed E-state index contributed by atoms with van der Waals surface area (Å²) in [6, 6.07) is 5.61. The minimum absolute atomic E-state index is 0.0487. The average molecular weight is 379 g/mol. The fraction of sp³-hybridized carbons (Fsp3) is 0.412. The number of likely N-dealkylation sites (N-methyl/N-ethyl adjacent to an activating group) is 1. The van der Waals surface area contributed by atoms with Gasteiger partial charge in [-0.3, -0.25) is 10.2 Å². The van der Waals surface area contributed by atoms with Crippen LogP contribution in [0.25, 0.3) is 0 Å². The predicted octanol–water partition coefficient (Wildman–Crippen LogP) is 3.43. The molecule has 1 N–H and O–H groups in total. The lowest BCUT2D eigenvalue weighted by Crippen LogP contribution is -2.40. The Labute approximate surface area is 155 Å². The van der Waals surface area contributed by atoms with Crippen molar-refractivity contribution < 1.29 is 9.53 Å². The first-order chi connectivity index (χ1) is 12.0. The predicted molar refractivity (Wildman–Crippen MR) is 100 cm³/mol. The third kappa shape index (κ3) is 2.86. The SMILES string of the molecule is COc1cnc(NC(=O)N2CC3(CCN(C)C3)c3cc(Cl)ccc32)s1. The standard InChI is InChI=1S/C17H19ClN4O2S/c1-21-6-5-17(9-21)10-22(13-4-3-11(18)7-12(13)17)16(23)20-15-19-8-14(24-2)25-15/h3-4,7-8H,5-6,9-10H2,1-2H3,(H,19,20,23). The number of aromatic nitrogens is 1. The number of benzene rings is 1. The second-order valence-corrected chi connectivity index (χ2v) is 8.06. The number of carbonyl (C=O) groups excluding carboxylic acids is 1. The molecule has 4 rings (SSSR count). The van der Waals surface area contributed by atoms with E-state index in [1.54, 1.807) is 18.2 Å². The normalized spacial score (nSPS) is 22.4. The molecule has 1 saturated heterocycles. The van der Waals surface area contributed by atoms with E-state index in [1.807, 2.05) is 18.2 Å². The number of thiazole rings is 1. The molecule has 132 valence electrons. The number of nitrogens with zero attached hydrogens (tertiary/aromatic N) is 3. The highest BCUT2D eigenvalue weighted by Crippen LogP contribution is 2.47. The number of anilines is 2. The fourth-order valence-electron chi connectivity index (χ4n) is 3.82. The number of hydrogen-bond donors (Lipinski definition) is 1. The van der Waals surface area contributed by atoms with Gasteiger partial charge in [0.05, 0.1) is 13.3 Å². The van der Waals surface area contributed by atoms with Gasteiger partial charge in [0, 0.05) is 29.2 Å². The van der Waals surface area contributed by atoms with Gasteiger partial charge in [0.1, 0.15) is 0 Å². The molecule has 1 aromatic carbocycles. The molecule has 1 fully saturated rings. The highest BCUT2D eigenvalue weighted by molar-refractivity contribution is 7.17. The number of fused-ring (bicyclic) bond motifs is 2. The quantitative estimate of drug-likeness (QED) is 0.869. The van der Waals surface area contributed by atoms with Crippen molar-refractivity contribution in [1.29, 1.82) is 0 Å². The molecule has 0 saturated carbocycles. The van der Waals surface area contributed by atoms with Crippen molar-refractivity contribution in [1.82, 2.24) is 9.88 Å². The maximum Gasteiger partial charge on any atom is 0.328 e. The monoisotopic (exact) mass is 378 g/mol. The van der Waals surface area contributed by atoms with Gasteiger partial charge in [-0.25, -0.2) is 9.78 Å². The zero-order chi connectivity index (χ0) is 17.6. The summed E-state index contributed by atoms with van der Waals surface area (Å²) in [6.07, 6.45) is 2.62. The van der Waals surface area contributed by atoms with Gasteiger partial charge in [0.25, 0.3) is 0 Å². The van der Waals surface area contributed by atoms with Crippen molar-refractivity contribution >= 4 is 39.8 Å². The van der Waals surface area contributed by atoms with E-state index in [4.69, 9.17) is 16.3 Å². The zero-order valence-electron chi connectivity index (χ0n) is 14.1. The number of halogens is 1. The van der Waals surface area contributed by atoms with Crippen LogP contribution in [0, 0.1) is 0 Å². The highest BCUT2D eigenvalue weighted by atomic mass is 35.5. The van der Waals surface area contributed by atoms with Crippen LogP contribution in [0.1, 0.15) is 12.0 Å². The summed E-state index contributed by atoms with van der Waals surface area (Å²) in [7, 11) is 3.70. The molecular formula is C17H19ClN4O2S. The fourth-order valence-corrected chi connectivity index (χ4v) is 4.62. The molecule has 0 bridgehead atoms. The van der Waals surface area contributed by atoms with Crippen LogP contribution in [0.4, 0.5) is 15.6 Å². The van der Waals surface area contributed by atoms with Crippen molar-refractivity contribution in [2.75, 3.05) is 44.0 Å². The van der Waals surface area contributed by atoms with Crippen molar-refractivity contribution in [3.8, 4) is 5.06 Å². The third-order valence-corrected chi connectivity index (χ3v) is 6.08. The Morgan fingerprint density at radius 3 is 2.96 bits per heavy atom. The van der Waals surface area contributed by atoms with E-state index in [0.29, 0.717) is 21.8 Å². The van der Waals surface area contributed by atoms with Gasteiger partial charge < -0.3 is 9.64 Å². The van der Waals surface area contributed by atoms with E-state index >= 15 is 0 Å². The molecule has 2 aliphatic rings. The van der Waals surface area contributed by atoms with Gasteiger partial charge in [0.2, 0.25) is 0 Å². The number of amides is 2. The maximum absolute atomic E-state index is 12.9. The highest BCUT2D eigenvalue weighted by Gasteiger charge is 2.48. The average Bonchev–Trinajstić information content (AvgIpc) is 3.27. The van der Waals surface area contributed by atoms with Gasteiger partial charge >= 0.3 is 6.03 Å². The summed E-state index contributed by atoms with van der Waals surface area (Å²) in [5.74, 6) is 0. The Bertz CT molecular complexity index is 827. The van der Waals surface area contributed by atoms with Crippen LogP contribution in [0.3, 0.4) is 0 Å². The molecule has 2 aromatic rings. The second kappa shape index (κ2) is 6.16. The molecule has 3 heterocycles. The molecule has 1 atom stereocenters. The molecule has 8 heteroatoms. The summed E-state index contributed by atoms with van der Waals surface area (Å²) in [6.45, 7) is 2.60. The van der Waals surface area contributed by atoms with Gasteiger partial charge in [-0.2, -0.15) is 0 Å². The van der Waals surface area contributed by atoms with Crippen molar-refractivity contribution in [2.45, 2.75) is 11.8 Å². The minimum atomic E-state index is -0.174. The van der Waals surface area contributed by atoms with Gasteiger partial charge in [0.15, 0.2) is 10.2 Å². The number of urea groups is 1. The molecule has 6 nitrogen and oxygen atoms in total. The zero-order valence-corrected chi connectivity index (χ0v) is 15.7. The lowest BCUT2D eigenvalue weighted by Gasteiger charge is -2.25. The van der Waals surface area contributed by atoms with Crippen LogP contribution in [-0.4, -0.2) is 49.7 Å². The van der Waals surface area contributed by atoms with Crippen molar-refractivity contribution in [2.24, 2.45) is 0 Å². The first kappa shape index (κ1) is 16.6. The van der Waals surface area contributed by atoms with E-state index in [9.17, 15) is 4.79 Å². The maximum atomic E-state index is 12.9. The van der Waals surface area contributed by atoms with E-state index in [0.717, 1.165) is 30.8 Å². The van der Waals surface area contributed by atoms with E-state index in [-0.39, 0.29) is 11.4 Å². The van der Waals surface area contributed by atoms with Gasteiger partial charge in [-0.15, -0.1) is 0 Å². The minimum Gasteiger partial charge on any atom is -0.486 e. The van der Waals surface area contributed by atoms with E-state index in [2.05, 4.69) is 22.2 Å². The van der Waals surface area contributed by atoms with Crippen LogP contribution >= 0.6 is 22.9 Å². The molecule has 2 amide bonds. The topological polar surface area (TPSA) is 57.7 Å². The third-order valence-electron chi connectivity index (χ3n) is 4.97. The van der Waals surface area contributed by atoms with Crippen LogP contribution in [0.2, 0.25) is 5.02 Å². The molecule has 1 spiro atoms. The molecule has 0 radical (unpaired) electrons. The number of methoxy groups -OCH3 is 1. The smallest absolute Gasteiger partial charge is 0.328 e. The first-order valence-corrected chi connectivity index (χ1v) is 9.27. The number of rotatable bonds is 2. The Kier molecular flexibility index (Phi) is 4.10. The molecule has 1 aromatic heterocycles. The summed E-state index contributed by atoms with van der Waals surface area (Å²) >= 11 is 7.55. The Morgan fingerprint density at radius 2 is 2.28 bits per heavy atom.